The van der Waals surface area contributed by atoms with Crippen molar-refractivity contribution in [3.8, 4) is 11.3 Å². The van der Waals surface area contributed by atoms with Crippen LogP contribution in [0.3, 0.4) is 0 Å². The summed E-state index contributed by atoms with van der Waals surface area (Å²) in [5.74, 6) is 0.0489. The molecule has 0 aliphatic heterocycles. The Balaban J connectivity index is 1.72. The number of nitrogens with zero attached hydrogens (tertiary/aromatic N) is 1. The molecule has 2 heterocycles. The van der Waals surface area contributed by atoms with E-state index in [2.05, 4.69) is 15.6 Å². The third-order valence-electron chi connectivity index (χ3n) is 3.83. The van der Waals surface area contributed by atoms with E-state index < -0.39 is 6.04 Å². The average molecular weight is 369 g/mol. The van der Waals surface area contributed by atoms with Crippen molar-refractivity contribution in [2.24, 2.45) is 5.92 Å². The van der Waals surface area contributed by atoms with Gasteiger partial charge >= 0.3 is 0 Å². The molecule has 0 aliphatic rings. The maximum Gasteiger partial charge on any atom is 0.262 e. The predicted octanol–water partition coefficient (Wildman–Crippen LogP) is 3.80. The van der Waals surface area contributed by atoms with Gasteiger partial charge in [-0.1, -0.05) is 32.0 Å². The first-order valence-corrected chi connectivity index (χ1v) is 9.06. The Labute approximate surface area is 155 Å². The summed E-state index contributed by atoms with van der Waals surface area (Å²) in [6, 6.07) is 10.2. The van der Waals surface area contributed by atoms with Gasteiger partial charge in [0.25, 0.3) is 5.91 Å². The second-order valence-electron chi connectivity index (χ2n) is 6.11. The number of rotatable bonds is 6. The van der Waals surface area contributed by atoms with Gasteiger partial charge in [0.15, 0.2) is 12.2 Å². The Morgan fingerprint density at radius 2 is 2.04 bits per heavy atom. The molecule has 0 radical (unpaired) electrons. The summed E-state index contributed by atoms with van der Waals surface area (Å²) in [4.78, 5) is 29.5. The number of hydrogen-bond acceptors (Lipinski definition) is 5. The van der Waals surface area contributed by atoms with Crippen molar-refractivity contribution in [2.75, 3.05) is 5.32 Å². The van der Waals surface area contributed by atoms with Crippen molar-refractivity contribution in [3.63, 3.8) is 0 Å². The van der Waals surface area contributed by atoms with E-state index in [0.29, 0.717) is 16.3 Å². The molecule has 6 nitrogen and oxygen atoms in total. The van der Waals surface area contributed by atoms with Crippen molar-refractivity contribution in [1.82, 2.24) is 10.3 Å². The van der Waals surface area contributed by atoms with E-state index in [-0.39, 0.29) is 17.7 Å². The van der Waals surface area contributed by atoms with E-state index >= 15 is 0 Å². The van der Waals surface area contributed by atoms with Gasteiger partial charge in [-0.2, -0.15) is 0 Å². The first kappa shape index (κ1) is 17.9. The molecule has 1 aromatic carbocycles. The highest BCUT2D eigenvalue weighted by atomic mass is 32.1. The van der Waals surface area contributed by atoms with Crippen LogP contribution in [0.5, 0.6) is 0 Å². The average Bonchev–Trinajstić information content (AvgIpc) is 3.32. The van der Waals surface area contributed by atoms with Crippen LogP contribution in [0.4, 0.5) is 5.69 Å². The van der Waals surface area contributed by atoms with Crippen LogP contribution in [0.1, 0.15) is 23.5 Å². The SMILES string of the molecule is CC(C)[C@@H](NC(=O)c1cccs1)C(=O)Nc1cccc(-c2cnco2)c1. The predicted molar refractivity (Wildman–Crippen MR) is 101 cm³/mol. The zero-order valence-electron chi connectivity index (χ0n) is 14.4. The first-order chi connectivity index (χ1) is 12.5. The van der Waals surface area contributed by atoms with Gasteiger partial charge in [0.05, 0.1) is 11.1 Å². The lowest BCUT2D eigenvalue weighted by molar-refractivity contribution is -0.118. The standard InChI is InChI=1S/C19H19N3O3S/c1-12(2)17(22-18(23)16-7-4-8-26-16)19(24)21-14-6-3-5-13(9-14)15-10-20-11-25-15/h3-12,17H,1-2H3,(H,21,24)(H,22,23)/t17-/m1/s1. The highest BCUT2D eigenvalue weighted by Crippen LogP contribution is 2.22. The third-order valence-corrected chi connectivity index (χ3v) is 4.70. The lowest BCUT2D eigenvalue weighted by atomic mass is 10.0. The third kappa shape index (κ3) is 4.18. The van der Waals surface area contributed by atoms with E-state index in [4.69, 9.17) is 4.42 Å². The number of carbonyl (C=O) groups excluding carboxylic acids is 2. The first-order valence-electron chi connectivity index (χ1n) is 8.19. The summed E-state index contributed by atoms with van der Waals surface area (Å²) in [6.07, 6.45) is 2.97. The lowest BCUT2D eigenvalue weighted by Crippen LogP contribution is -2.46. The number of amides is 2. The van der Waals surface area contributed by atoms with Gasteiger partial charge in [-0.3, -0.25) is 9.59 Å². The fourth-order valence-corrected chi connectivity index (χ4v) is 3.11. The number of anilines is 1. The Morgan fingerprint density at radius 1 is 1.19 bits per heavy atom. The van der Waals surface area contributed by atoms with E-state index in [1.807, 2.05) is 31.4 Å². The molecule has 3 rings (SSSR count). The van der Waals surface area contributed by atoms with Crippen molar-refractivity contribution < 1.29 is 14.0 Å². The van der Waals surface area contributed by atoms with Crippen LogP contribution in [0, 0.1) is 5.92 Å². The van der Waals surface area contributed by atoms with Gasteiger partial charge in [-0.25, -0.2) is 4.98 Å². The number of carbonyl (C=O) groups is 2. The number of benzene rings is 1. The van der Waals surface area contributed by atoms with Gasteiger partial charge in [0.2, 0.25) is 5.91 Å². The molecule has 7 heteroatoms. The quantitative estimate of drug-likeness (QED) is 0.692. The smallest absolute Gasteiger partial charge is 0.262 e. The summed E-state index contributed by atoms with van der Waals surface area (Å²) in [5.41, 5.74) is 1.43. The van der Waals surface area contributed by atoms with Crippen molar-refractivity contribution >= 4 is 28.8 Å². The Morgan fingerprint density at radius 3 is 2.69 bits per heavy atom. The minimum atomic E-state index is -0.640. The highest BCUT2D eigenvalue weighted by Gasteiger charge is 2.25. The van der Waals surface area contributed by atoms with Gasteiger partial charge in [0, 0.05) is 11.3 Å². The van der Waals surface area contributed by atoms with E-state index in [9.17, 15) is 9.59 Å². The maximum absolute atomic E-state index is 12.7. The molecule has 0 saturated heterocycles. The summed E-state index contributed by atoms with van der Waals surface area (Å²) < 4.78 is 5.28. The zero-order valence-corrected chi connectivity index (χ0v) is 15.2. The number of thiophene rings is 1. The van der Waals surface area contributed by atoms with E-state index in [0.717, 1.165) is 5.56 Å². The second-order valence-corrected chi connectivity index (χ2v) is 7.06. The Kier molecular flexibility index (Phi) is 5.48. The van der Waals surface area contributed by atoms with Crippen LogP contribution in [0.15, 0.2) is 58.8 Å². The number of oxazole rings is 1. The molecule has 2 N–H and O–H groups in total. The van der Waals surface area contributed by atoms with E-state index in [1.165, 1.54) is 17.7 Å². The van der Waals surface area contributed by atoms with Crippen LogP contribution in [0.25, 0.3) is 11.3 Å². The van der Waals surface area contributed by atoms with E-state index in [1.54, 1.807) is 30.5 Å². The molecule has 3 aromatic rings. The van der Waals surface area contributed by atoms with Gasteiger partial charge in [-0.05, 0) is 29.5 Å². The van der Waals surface area contributed by atoms with Gasteiger partial charge < -0.3 is 15.1 Å². The fraction of sp³-hybridized carbons (Fsp3) is 0.211. The van der Waals surface area contributed by atoms with Crippen LogP contribution < -0.4 is 10.6 Å². The maximum atomic E-state index is 12.7. The van der Waals surface area contributed by atoms with Crippen molar-refractivity contribution in [2.45, 2.75) is 19.9 Å². The minimum absolute atomic E-state index is 0.0589. The highest BCUT2D eigenvalue weighted by molar-refractivity contribution is 7.12. The molecule has 2 amide bonds. The van der Waals surface area contributed by atoms with Crippen molar-refractivity contribution in [3.05, 3.63) is 59.2 Å². The second kappa shape index (κ2) is 7.97. The van der Waals surface area contributed by atoms with Gasteiger partial charge in [0.1, 0.15) is 6.04 Å². The molecule has 1 atom stereocenters. The summed E-state index contributed by atoms with van der Waals surface area (Å²) in [7, 11) is 0. The number of aromatic nitrogens is 1. The number of nitrogens with one attached hydrogen (secondary N) is 2. The van der Waals surface area contributed by atoms with Crippen molar-refractivity contribution in [1.29, 1.82) is 0 Å². The topological polar surface area (TPSA) is 84.2 Å². The Hall–Kier alpha value is -2.93. The van der Waals surface area contributed by atoms with Gasteiger partial charge in [-0.15, -0.1) is 11.3 Å². The number of hydrogen-bond donors (Lipinski definition) is 2. The molecule has 0 unspecified atom stereocenters. The molecule has 0 fully saturated rings. The summed E-state index contributed by atoms with van der Waals surface area (Å²) in [6.45, 7) is 3.79. The van der Waals surface area contributed by atoms with Crippen LogP contribution in [-0.4, -0.2) is 22.8 Å². The molecule has 0 bridgehead atoms. The minimum Gasteiger partial charge on any atom is -0.444 e. The van der Waals surface area contributed by atoms with Crippen LogP contribution in [0.2, 0.25) is 0 Å². The molecule has 0 spiro atoms. The fourth-order valence-electron chi connectivity index (χ4n) is 2.48. The summed E-state index contributed by atoms with van der Waals surface area (Å²) >= 11 is 1.34. The Bertz CT molecular complexity index is 873. The molecule has 134 valence electrons. The molecular weight excluding hydrogens is 350 g/mol. The molecule has 0 aliphatic carbocycles. The van der Waals surface area contributed by atoms with Crippen LogP contribution >= 0.6 is 11.3 Å². The lowest BCUT2D eigenvalue weighted by Gasteiger charge is -2.21. The molecular formula is C19H19N3O3S. The molecule has 2 aromatic heterocycles. The normalized spacial score (nSPS) is 12.0. The monoisotopic (exact) mass is 369 g/mol. The molecule has 0 saturated carbocycles. The summed E-state index contributed by atoms with van der Waals surface area (Å²) in [5, 5.41) is 7.50. The molecule has 26 heavy (non-hydrogen) atoms. The zero-order chi connectivity index (χ0) is 18.5. The van der Waals surface area contributed by atoms with Crippen LogP contribution in [-0.2, 0) is 4.79 Å². The largest absolute Gasteiger partial charge is 0.444 e.